The molecular weight excluding hydrogens is 316 g/mol. The molecule has 0 bridgehead atoms. The molecule has 0 fully saturated rings. The fourth-order valence-electron chi connectivity index (χ4n) is 2.51. The van der Waals surface area contributed by atoms with Gasteiger partial charge >= 0.3 is 0 Å². The van der Waals surface area contributed by atoms with Crippen LogP contribution in [-0.2, 0) is 13.0 Å². The van der Waals surface area contributed by atoms with Gasteiger partial charge in [-0.1, -0.05) is 37.3 Å². The topological polar surface area (TPSA) is 85.6 Å². The van der Waals surface area contributed by atoms with Crippen LogP contribution in [0.5, 0.6) is 0 Å². The molecule has 0 saturated carbocycles. The molecule has 1 N–H and O–H groups in total. The molecule has 0 aliphatic carbocycles. The molecular formula is C18H20N6O. The van der Waals surface area contributed by atoms with E-state index in [2.05, 4.69) is 25.4 Å². The molecule has 0 saturated heterocycles. The van der Waals surface area contributed by atoms with Gasteiger partial charge in [0.1, 0.15) is 18.5 Å². The lowest BCUT2D eigenvalue weighted by Crippen LogP contribution is -2.29. The molecule has 1 aromatic carbocycles. The Kier molecular flexibility index (Phi) is 5.46. The number of rotatable bonds is 7. The van der Waals surface area contributed by atoms with Gasteiger partial charge in [0.15, 0.2) is 0 Å². The molecule has 1 atom stereocenters. The average Bonchev–Trinajstić information content (AvgIpc) is 3.19. The third-order valence-electron chi connectivity index (χ3n) is 3.90. The van der Waals surface area contributed by atoms with Crippen LogP contribution in [0.15, 0.2) is 55.4 Å². The maximum atomic E-state index is 12.6. The number of carbonyl (C=O) groups excluding carboxylic acids is 1. The molecule has 2 heterocycles. The summed E-state index contributed by atoms with van der Waals surface area (Å²) >= 11 is 0. The first-order chi connectivity index (χ1) is 12.3. The molecule has 7 heteroatoms. The monoisotopic (exact) mass is 336 g/mol. The molecule has 0 unspecified atom stereocenters. The van der Waals surface area contributed by atoms with Crippen molar-refractivity contribution in [3.63, 3.8) is 0 Å². The Morgan fingerprint density at radius 1 is 1.20 bits per heavy atom. The first kappa shape index (κ1) is 16.8. The maximum absolute atomic E-state index is 12.6. The number of hydrogen-bond donors (Lipinski definition) is 1. The lowest BCUT2D eigenvalue weighted by molar-refractivity contribution is 0.0932. The van der Waals surface area contributed by atoms with Gasteiger partial charge in [0, 0.05) is 25.4 Å². The zero-order valence-corrected chi connectivity index (χ0v) is 14.0. The third kappa shape index (κ3) is 4.47. The van der Waals surface area contributed by atoms with E-state index in [-0.39, 0.29) is 11.9 Å². The normalized spacial score (nSPS) is 11.9. The Hall–Kier alpha value is -3.09. The van der Waals surface area contributed by atoms with E-state index in [0.717, 1.165) is 17.8 Å². The van der Waals surface area contributed by atoms with Crippen LogP contribution >= 0.6 is 0 Å². The zero-order valence-electron chi connectivity index (χ0n) is 14.0. The van der Waals surface area contributed by atoms with Crippen molar-refractivity contribution in [1.29, 1.82) is 0 Å². The summed E-state index contributed by atoms with van der Waals surface area (Å²) in [5.41, 5.74) is 1.50. The molecule has 1 amide bonds. The van der Waals surface area contributed by atoms with Crippen LogP contribution in [0.4, 0.5) is 0 Å². The number of aromatic nitrogens is 5. The average molecular weight is 336 g/mol. The highest BCUT2D eigenvalue weighted by atomic mass is 16.1. The van der Waals surface area contributed by atoms with Crippen LogP contribution in [0.25, 0.3) is 0 Å². The van der Waals surface area contributed by atoms with Crippen LogP contribution in [0.1, 0.15) is 41.1 Å². The molecule has 3 aromatic rings. The Bertz CT molecular complexity index is 786. The van der Waals surface area contributed by atoms with Crippen molar-refractivity contribution in [1.82, 2.24) is 30.0 Å². The standard InChI is InChI=1S/C18H20N6O/c1-2-17-20-10-15(11-21-17)18(25)23-16(14-6-4-3-5-7-14)8-9-24-13-19-12-22-24/h3-7,10-13,16H,2,8-9H2,1H3,(H,23,25)/t16-/m0/s1. The molecule has 0 spiro atoms. The number of carbonyl (C=O) groups is 1. The first-order valence-corrected chi connectivity index (χ1v) is 8.25. The van der Waals surface area contributed by atoms with E-state index in [1.54, 1.807) is 23.4 Å². The number of hydrogen-bond acceptors (Lipinski definition) is 5. The molecule has 25 heavy (non-hydrogen) atoms. The summed E-state index contributed by atoms with van der Waals surface area (Å²) in [5.74, 6) is 0.539. The minimum absolute atomic E-state index is 0.135. The SMILES string of the molecule is CCc1ncc(C(=O)N[C@@H](CCn2cncn2)c2ccccc2)cn1. The minimum atomic E-state index is -0.185. The van der Waals surface area contributed by atoms with Gasteiger partial charge in [0.05, 0.1) is 11.6 Å². The van der Waals surface area contributed by atoms with E-state index in [9.17, 15) is 4.79 Å². The van der Waals surface area contributed by atoms with Crippen LogP contribution in [0.3, 0.4) is 0 Å². The number of benzene rings is 1. The highest BCUT2D eigenvalue weighted by molar-refractivity contribution is 5.93. The molecule has 7 nitrogen and oxygen atoms in total. The van der Waals surface area contributed by atoms with Crippen molar-refractivity contribution in [3.8, 4) is 0 Å². The fraction of sp³-hybridized carbons (Fsp3) is 0.278. The van der Waals surface area contributed by atoms with Gasteiger partial charge in [0.25, 0.3) is 5.91 Å². The lowest BCUT2D eigenvalue weighted by atomic mass is 10.0. The zero-order chi connectivity index (χ0) is 17.5. The summed E-state index contributed by atoms with van der Waals surface area (Å²) in [6, 6.07) is 9.75. The Morgan fingerprint density at radius 2 is 1.96 bits per heavy atom. The van der Waals surface area contributed by atoms with Crippen molar-refractivity contribution in [2.75, 3.05) is 0 Å². The quantitative estimate of drug-likeness (QED) is 0.715. The van der Waals surface area contributed by atoms with Crippen molar-refractivity contribution < 1.29 is 4.79 Å². The molecule has 3 rings (SSSR count). The van der Waals surface area contributed by atoms with E-state index in [4.69, 9.17) is 0 Å². The van der Waals surface area contributed by atoms with Crippen molar-refractivity contribution in [2.24, 2.45) is 0 Å². The largest absolute Gasteiger partial charge is 0.345 e. The number of nitrogens with zero attached hydrogens (tertiary/aromatic N) is 5. The summed E-state index contributed by atoms with van der Waals surface area (Å²) in [4.78, 5) is 24.9. The Balaban J connectivity index is 1.72. The van der Waals surface area contributed by atoms with E-state index >= 15 is 0 Å². The predicted octanol–water partition coefficient (Wildman–Crippen LogP) is 2.19. The van der Waals surface area contributed by atoms with Crippen LogP contribution < -0.4 is 5.32 Å². The third-order valence-corrected chi connectivity index (χ3v) is 3.90. The summed E-state index contributed by atoms with van der Waals surface area (Å²) in [5, 5.41) is 7.18. The van der Waals surface area contributed by atoms with Gasteiger partial charge in [-0.3, -0.25) is 9.48 Å². The smallest absolute Gasteiger partial charge is 0.254 e. The van der Waals surface area contributed by atoms with Crippen molar-refractivity contribution in [2.45, 2.75) is 32.4 Å². The van der Waals surface area contributed by atoms with E-state index in [1.165, 1.54) is 6.33 Å². The summed E-state index contributed by atoms with van der Waals surface area (Å²) in [6.07, 6.45) is 7.75. The second-order valence-electron chi connectivity index (χ2n) is 5.63. The first-order valence-electron chi connectivity index (χ1n) is 8.25. The van der Waals surface area contributed by atoms with E-state index in [1.807, 2.05) is 37.3 Å². The molecule has 0 aliphatic heterocycles. The maximum Gasteiger partial charge on any atom is 0.254 e. The van der Waals surface area contributed by atoms with Gasteiger partial charge in [-0.15, -0.1) is 0 Å². The van der Waals surface area contributed by atoms with Crippen LogP contribution in [0.2, 0.25) is 0 Å². The predicted molar refractivity (Wildman–Crippen MR) is 92.7 cm³/mol. The lowest BCUT2D eigenvalue weighted by Gasteiger charge is -2.19. The number of nitrogens with one attached hydrogen (secondary N) is 1. The Morgan fingerprint density at radius 3 is 2.60 bits per heavy atom. The van der Waals surface area contributed by atoms with Crippen molar-refractivity contribution >= 4 is 5.91 Å². The fourth-order valence-corrected chi connectivity index (χ4v) is 2.51. The molecule has 128 valence electrons. The molecule has 0 aliphatic rings. The number of amides is 1. The van der Waals surface area contributed by atoms with Gasteiger partial charge in [-0.05, 0) is 12.0 Å². The van der Waals surface area contributed by atoms with Crippen LogP contribution in [-0.4, -0.2) is 30.6 Å². The molecule has 2 aromatic heterocycles. The molecule has 0 radical (unpaired) electrons. The highest BCUT2D eigenvalue weighted by Crippen LogP contribution is 2.18. The van der Waals surface area contributed by atoms with E-state index in [0.29, 0.717) is 18.5 Å². The summed E-state index contributed by atoms with van der Waals surface area (Å²) in [6.45, 7) is 2.63. The summed E-state index contributed by atoms with van der Waals surface area (Å²) < 4.78 is 1.75. The van der Waals surface area contributed by atoms with Gasteiger partial charge in [-0.2, -0.15) is 5.10 Å². The number of aryl methyl sites for hydroxylation is 2. The minimum Gasteiger partial charge on any atom is -0.345 e. The van der Waals surface area contributed by atoms with Gasteiger partial charge in [0.2, 0.25) is 0 Å². The van der Waals surface area contributed by atoms with Gasteiger partial charge in [-0.25, -0.2) is 15.0 Å². The highest BCUT2D eigenvalue weighted by Gasteiger charge is 2.16. The second-order valence-corrected chi connectivity index (χ2v) is 5.63. The Labute approximate surface area is 146 Å². The van der Waals surface area contributed by atoms with Crippen LogP contribution in [0, 0.1) is 0 Å². The van der Waals surface area contributed by atoms with E-state index < -0.39 is 0 Å². The second kappa shape index (κ2) is 8.14. The van der Waals surface area contributed by atoms with Crippen molar-refractivity contribution in [3.05, 3.63) is 72.3 Å². The summed E-state index contributed by atoms with van der Waals surface area (Å²) in [7, 11) is 0. The van der Waals surface area contributed by atoms with Gasteiger partial charge < -0.3 is 5.32 Å².